The Morgan fingerprint density at radius 1 is 1.24 bits per heavy atom. The first kappa shape index (κ1) is 15.5. The predicted molar refractivity (Wildman–Crippen MR) is 96.8 cm³/mol. The molecule has 5 heterocycles. The lowest BCUT2D eigenvalue weighted by Gasteiger charge is -2.36. The van der Waals surface area contributed by atoms with Gasteiger partial charge in [0.2, 0.25) is 5.91 Å². The van der Waals surface area contributed by atoms with Crippen LogP contribution in [0.3, 0.4) is 0 Å². The molecular weight excluding hydrogens is 336 g/mol. The molecule has 0 radical (unpaired) electrons. The minimum absolute atomic E-state index is 0.296. The van der Waals surface area contributed by atoms with Gasteiger partial charge < -0.3 is 14.5 Å². The summed E-state index contributed by atoms with van der Waals surface area (Å²) in [5.41, 5.74) is 0. The largest absolute Gasteiger partial charge is 0.375 e. The van der Waals surface area contributed by atoms with E-state index >= 15 is 0 Å². The van der Waals surface area contributed by atoms with Crippen molar-refractivity contribution in [3.8, 4) is 0 Å². The van der Waals surface area contributed by atoms with Crippen molar-refractivity contribution in [2.45, 2.75) is 37.9 Å². The first-order chi connectivity index (χ1) is 12.3. The van der Waals surface area contributed by atoms with Crippen LogP contribution in [-0.2, 0) is 9.53 Å². The van der Waals surface area contributed by atoms with Gasteiger partial charge in [-0.05, 0) is 36.6 Å². The Balaban J connectivity index is 1.21. The Kier molecular flexibility index (Phi) is 3.86. The number of hydrogen-bond acceptors (Lipinski definition) is 6. The number of amides is 1. The standard InChI is InChI=1S/C18H22N4O2S/c23-16(10-12-9-13-1-2-15(12)24-13)21-4-6-22(7-5-21)17-14-3-8-25-18(14)20-11-19-17/h3,8,11-13,15H,1-2,4-7,9-10H2. The summed E-state index contributed by atoms with van der Waals surface area (Å²) in [7, 11) is 0. The van der Waals surface area contributed by atoms with E-state index in [2.05, 4.69) is 26.3 Å². The van der Waals surface area contributed by atoms with Crippen LogP contribution >= 0.6 is 11.3 Å². The minimum Gasteiger partial charge on any atom is -0.375 e. The van der Waals surface area contributed by atoms with Crippen LogP contribution in [0.5, 0.6) is 0 Å². The lowest BCUT2D eigenvalue weighted by molar-refractivity contribution is -0.132. The van der Waals surface area contributed by atoms with Gasteiger partial charge in [-0.15, -0.1) is 11.3 Å². The van der Waals surface area contributed by atoms with Gasteiger partial charge in [0.1, 0.15) is 17.0 Å². The molecule has 3 aliphatic heterocycles. The third kappa shape index (κ3) is 2.79. The molecule has 7 heteroatoms. The molecule has 0 aromatic carbocycles. The molecule has 0 aliphatic carbocycles. The zero-order valence-corrected chi connectivity index (χ0v) is 15.0. The number of carbonyl (C=O) groups excluding carboxylic acids is 1. The quantitative estimate of drug-likeness (QED) is 0.843. The molecule has 25 heavy (non-hydrogen) atoms. The molecule has 0 N–H and O–H groups in total. The molecule has 3 fully saturated rings. The molecule has 3 atom stereocenters. The molecule has 2 aromatic heterocycles. The van der Waals surface area contributed by atoms with Gasteiger partial charge in [-0.1, -0.05) is 0 Å². The van der Waals surface area contributed by atoms with E-state index in [1.807, 2.05) is 4.90 Å². The fraction of sp³-hybridized carbons (Fsp3) is 0.611. The molecule has 3 aliphatic rings. The van der Waals surface area contributed by atoms with Crippen LogP contribution in [0, 0.1) is 5.92 Å². The smallest absolute Gasteiger partial charge is 0.223 e. The molecule has 132 valence electrons. The van der Waals surface area contributed by atoms with E-state index in [4.69, 9.17) is 4.74 Å². The van der Waals surface area contributed by atoms with Gasteiger partial charge in [0.05, 0.1) is 17.6 Å². The molecule has 2 bridgehead atoms. The number of ether oxygens (including phenoxy) is 1. The monoisotopic (exact) mass is 358 g/mol. The topological polar surface area (TPSA) is 58.6 Å². The van der Waals surface area contributed by atoms with Gasteiger partial charge in [0.25, 0.3) is 0 Å². The summed E-state index contributed by atoms with van der Waals surface area (Å²) in [5.74, 6) is 1.74. The number of fused-ring (bicyclic) bond motifs is 3. The van der Waals surface area contributed by atoms with Gasteiger partial charge in [-0.2, -0.15) is 0 Å². The first-order valence-corrected chi connectivity index (χ1v) is 10.0. The van der Waals surface area contributed by atoms with Crippen LogP contribution in [0.15, 0.2) is 17.8 Å². The van der Waals surface area contributed by atoms with Gasteiger partial charge in [0, 0.05) is 32.6 Å². The highest BCUT2D eigenvalue weighted by Crippen LogP contribution is 2.40. The van der Waals surface area contributed by atoms with Gasteiger partial charge in [-0.3, -0.25) is 4.79 Å². The van der Waals surface area contributed by atoms with E-state index in [9.17, 15) is 4.79 Å². The van der Waals surface area contributed by atoms with Crippen molar-refractivity contribution in [2.75, 3.05) is 31.1 Å². The number of aromatic nitrogens is 2. The van der Waals surface area contributed by atoms with Crippen molar-refractivity contribution < 1.29 is 9.53 Å². The Labute approximate surface area is 150 Å². The van der Waals surface area contributed by atoms with E-state index in [-0.39, 0.29) is 0 Å². The zero-order valence-electron chi connectivity index (χ0n) is 14.1. The third-order valence-electron chi connectivity index (χ3n) is 5.84. The van der Waals surface area contributed by atoms with E-state index in [1.165, 1.54) is 6.42 Å². The second-order valence-corrected chi connectivity index (χ2v) is 8.17. The normalized spacial score (nSPS) is 28.9. The second kappa shape index (κ2) is 6.21. The van der Waals surface area contributed by atoms with Crippen molar-refractivity contribution in [2.24, 2.45) is 5.92 Å². The predicted octanol–water partition coefficient (Wildman–Crippen LogP) is 2.30. The van der Waals surface area contributed by atoms with Crippen LogP contribution in [0.1, 0.15) is 25.7 Å². The molecular formula is C18H22N4O2S. The van der Waals surface area contributed by atoms with Crippen molar-refractivity contribution in [3.63, 3.8) is 0 Å². The van der Waals surface area contributed by atoms with Crippen molar-refractivity contribution >= 4 is 33.3 Å². The molecule has 2 aromatic rings. The van der Waals surface area contributed by atoms with Crippen LogP contribution in [-0.4, -0.2) is 59.2 Å². The number of carbonyl (C=O) groups is 1. The highest BCUT2D eigenvalue weighted by atomic mass is 32.1. The maximum atomic E-state index is 12.7. The molecule has 3 unspecified atom stereocenters. The summed E-state index contributed by atoms with van der Waals surface area (Å²) in [6.45, 7) is 3.22. The molecule has 3 saturated heterocycles. The average Bonchev–Trinajstić information content (AvgIpc) is 3.38. The zero-order chi connectivity index (χ0) is 16.8. The van der Waals surface area contributed by atoms with Crippen molar-refractivity contribution in [1.82, 2.24) is 14.9 Å². The van der Waals surface area contributed by atoms with Crippen molar-refractivity contribution in [1.29, 1.82) is 0 Å². The van der Waals surface area contributed by atoms with Gasteiger partial charge >= 0.3 is 0 Å². The Morgan fingerprint density at radius 2 is 2.12 bits per heavy atom. The highest BCUT2D eigenvalue weighted by molar-refractivity contribution is 7.16. The summed E-state index contributed by atoms with van der Waals surface area (Å²) >= 11 is 1.64. The van der Waals surface area contributed by atoms with Crippen LogP contribution < -0.4 is 4.90 Å². The van der Waals surface area contributed by atoms with E-state index in [0.29, 0.717) is 30.5 Å². The molecule has 6 nitrogen and oxygen atoms in total. The fourth-order valence-corrected chi connectivity index (χ4v) is 5.24. The maximum absolute atomic E-state index is 12.7. The van der Waals surface area contributed by atoms with Crippen LogP contribution in [0.2, 0.25) is 0 Å². The van der Waals surface area contributed by atoms with E-state index < -0.39 is 0 Å². The number of thiophene rings is 1. The van der Waals surface area contributed by atoms with Crippen molar-refractivity contribution in [3.05, 3.63) is 17.8 Å². The van der Waals surface area contributed by atoms with E-state index in [1.54, 1.807) is 17.7 Å². The summed E-state index contributed by atoms with van der Waals surface area (Å²) in [4.78, 5) is 26.8. The average molecular weight is 358 g/mol. The summed E-state index contributed by atoms with van der Waals surface area (Å²) < 4.78 is 5.89. The lowest BCUT2D eigenvalue weighted by atomic mass is 9.86. The Hall–Kier alpha value is -1.73. The SMILES string of the molecule is O=C(CC1CC2CCC1O2)N1CCN(c2ncnc3sccc23)CC1. The summed E-state index contributed by atoms with van der Waals surface area (Å²) in [6, 6.07) is 2.09. The lowest BCUT2D eigenvalue weighted by Crippen LogP contribution is -2.49. The Morgan fingerprint density at radius 3 is 2.88 bits per heavy atom. The number of hydrogen-bond donors (Lipinski definition) is 0. The van der Waals surface area contributed by atoms with Gasteiger partial charge in [0.15, 0.2) is 0 Å². The van der Waals surface area contributed by atoms with Crippen LogP contribution in [0.4, 0.5) is 5.82 Å². The highest BCUT2D eigenvalue weighted by Gasteiger charge is 2.42. The maximum Gasteiger partial charge on any atom is 0.223 e. The number of piperazine rings is 1. The summed E-state index contributed by atoms with van der Waals surface area (Å²) in [6.07, 6.45) is 6.45. The first-order valence-electron chi connectivity index (χ1n) is 9.14. The van der Waals surface area contributed by atoms with Crippen LogP contribution in [0.25, 0.3) is 10.2 Å². The number of anilines is 1. The second-order valence-electron chi connectivity index (χ2n) is 7.28. The molecule has 1 amide bonds. The third-order valence-corrected chi connectivity index (χ3v) is 6.66. The summed E-state index contributed by atoms with van der Waals surface area (Å²) in [5, 5.41) is 3.17. The molecule has 0 saturated carbocycles. The minimum atomic E-state index is 0.296. The van der Waals surface area contributed by atoms with E-state index in [0.717, 1.165) is 55.1 Å². The Bertz CT molecular complexity index is 786. The molecule has 0 spiro atoms. The fourth-order valence-electron chi connectivity index (χ4n) is 4.51. The number of rotatable bonds is 3. The molecule has 5 rings (SSSR count). The van der Waals surface area contributed by atoms with Gasteiger partial charge in [-0.25, -0.2) is 9.97 Å². The number of nitrogens with zero attached hydrogens (tertiary/aromatic N) is 4.